The minimum absolute atomic E-state index is 1.20. The largest absolute Gasteiger partial charge is 0.124 e. The quantitative estimate of drug-likeness (QED) is 0.484. The molecule has 0 heteroatoms. The fourth-order valence-electron chi connectivity index (χ4n) is 0.978. The molecule has 0 amide bonds. The average molecular weight is 134 g/mol. The lowest BCUT2D eigenvalue weighted by molar-refractivity contribution is 1.05. The predicted molar refractivity (Wildman–Crippen MR) is 46.6 cm³/mol. The Bertz CT molecular complexity index is 168. The van der Waals surface area contributed by atoms with Gasteiger partial charge in [0.25, 0.3) is 0 Å². The first-order chi connectivity index (χ1) is 4.83. The Morgan fingerprint density at radius 1 is 1.50 bits per heavy atom. The molecule has 0 spiro atoms. The molecule has 0 aromatic carbocycles. The average Bonchev–Trinajstić information content (AvgIpc) is 2.40. The second-order valence-corrected chi connectivity index (χ2v) is 2.31. The fourth-order valence-corrected chi connectivity index (χ4v) is 0.978. The summed E-state index contributed by atoms with van der Waals surface area (Å²) in [6.45, 7) is 4.36. The van der Waals surface area contributed by atoms with Gasteiger partial charge in [0.05, 0.1) is 0 Å². The first kappa shape index (κ1) is 9.04. The van der Waals surface area contributed by atoms with Gasteiger partial charge in [0.1, 0.15) is 0 Å². The van der Waals surface area contributed by atoms with Gasteiger partial charge in [-0.2, -0.15) is 0 Å². The van der Waals surface area contributed by atoms with E-state index in [9.17, 15) is 0 Å². The topological polar surface area (TPSA) is 0 Å². The van der Waals surface area contributed by atoms with Crippen molar-refractivity contribution in [3.05, 3.63) is 23.3 Å². The van der Waals surface area contributed by atoms with Gasteiger partial charge in [-0.25, -0.2) is 0 Å². The molecular formula is C10H14. The van der Waals surface area contributed by atoms with Crippen LogP contribution in [-0.4, -0.2) is 0 Å². The maximum Gasteiger partial charge on any atom is -0.0130 e. The fraction of sp³-hybridized carbons (Fsp3) is 0.400. The molecule has 54 valence electrons. The summed E-state index contributed by atoms with van der Waals surface area (Å²) in [6, 6.07) is 0. The molecule has 0 radical (unpaired) electrons. The van der Waals surface area contributed by atoms with Crippen LogP contribution >= 0.6 is 0 Å². The Morgan fingerprint density at radius 3 is 2.30 bits per heavy atom. The molecular weight excluding hydrogens is 120 g/mol. The standard InChI is InChI=1S/C8H12.C2H2/c1-3-8-5-4-7(2)6-8;1-2/h4,6H,3,5H2,1-2H3;1-2H. The maximum absolute atomic E-state index is 4.00. The van der Waals surface area contributed by atoms with Gasteiger partial charge < -0.3 is 0 Å². The highest BCUT2D eigenvalue weighted by atomic mass is 14.0. The molecule has 0 unspecified atom stereocenters. The number of terminal acetylenes is 1. The maximum atomic E-state index is 4.00. The smallest absolute Gasteiger partial charge is 0.0130 e. The van der Waals surface area contributed by atoms with Crippen LogP contribution in [0, 0.1) is 12.8 Å². The lowest BCUT2D eigenvalue weighted by Gasteiger charge is -1.89. The molecule has 1 aliphatic rings. The van der Waals surface area contributed by atoms with E-state index in [0.717, 1.165) is 0 Å². The lowest BCUT2D eigenvalue weighted by atomic mass is 10.2. The molecule has 0 N–H and O–H groups in total. The van der Waals surface area contributed by atoms with E-state index in [1.165, 1.54) is 18.4 Å². The Hall–Kier alpha value is -0.960. The van der Waals surface area contributed by atoms with Crippen molar-refractivity contribution in [3.63, 3.8) is 0 Å². The lowest BCUT2D eigenvalue weighted by Crippen LogP contribution is -1.69. The molecule has 0 bridgehead atoms. The highest BCUT2D eigenvalue weighted by molar-refractivity contribution is 5.30. The van der Waals surface area contributed by atoms with Crippen LogP contribution in [0.2, 0.25) is 0 Å². The van der Waals surface area contributed by atoms with Crippen molar-refractivity contribution in [2.75, 3.05) is 0 Å². The van der Waals surface area contributed by atoms with Crippen LogP contribution in [0.4, 0.5) is 0 Å². The summed E-state index contributed by atoms with van der Waals surface area (Å²) < 4.78 is 0. The molecule has 0 nitrogen and oxygen atoms in total. The zero-order valence-corrected chi connectivity index (χ0v) is 6.72. The Morgan fingerprint density at radius 2 is 2.10 bits per heavy atom. The summed E-state index contributed by atoms with van der Waals surface area (Å²) in [7, 11) is 0. The van der Waals surface area contributed by atoms with Crippen LogP contribution in [-0.2, 0) is 0 Å². The van der Waals surface area contributed by atoms with Gasteiger partial charge in [0.2, 0.25) is 0 Å². The van der Waals surface area contributed by atoms with Crippen molar-refractivity contribution >= 4 is 0 Å². The van der Waals surface area contributed by atoms with Gasteiger partial charge in [0.15, 0.2) is 0 Å². The molecule has 1 aliphatic carbocycles. The van der Waals surface area contributed by atoms with E-state index < -0.39 is 0 Å². The first-order valence-electron chi connectivity index (χ1n) is 3.52. The van der Waals surface area contributed by atoms with Gasteiger partial charge >= 0.3 is 0 Å². The van der Waals surface area contributed by atoms with Crippen LogP contribution in [0.1, 0.15) is 26.7 Å². The number of allylic oxidation sites excluding steroid dienone is 4. The summed E-state index contributed by atoms with van der Waals surface area (Å²) in [5.41, 5.74) is 3.00. The summed E-state index contributed by atoms with van der Waals surface area (Å²) >= 11 is 0. The zero-order valence-electron chi connectivity index (χ0n) is 6.72. The highest BCUT2D eigenvalue weighted by Crippen LogP contribution is 2.18. The minimum atomic E-state index is 1.20. The van der Waals surface area contributed by atoms with Crippen molar-refractivity contribution in [3.8, 4) is 12.8 Å². The Kier molecular flexibility index (Phi) is 4.41. The molecule has 0 aromatic heterocycles. The molecule has 10 heavy (non-hydrogen) atoms. The summed E-state index contributed by atoms with van der Waals surface area (Å²) in [5, 5.41) is 0. The van der Waals surface area contributed by atoms with Crippen molar-refractivity contribution in [1.29, 1.82) is 0 Å². The summed E-state index contributed by atoms with van der Waals surface area (Å²) in [5.74, 6) is 0. The molecule has 0 saturated carbocycles. The number of rotatable bonds is 1. The second-order valence-electron chi connectivity index (χ2n) is 2.31. The number of hydrogen-bond acceptors (Lipinski definition) is 0. The normalized spacial score (nSPS) is 14.8. The second kappa shape index (κ2) is 4.88. The molecule has 0 aliphatic heterocycles. The molecule has 0 heterocycles. The van der Waals surface area contributed by atoms with E-state index in [2.05, 4.69) is 38.8 Å². The molecule has 0 fully saturated rings. The van der Waals surface area contributed by atoms with E-state index in [1.54, 1.807) is 5.57 Å². The van der Waals surface area contributed by atoms with E-state index in [1.807, 2.05) is 0 Å². The Labute approximate surface area is 63.6 Å². The molecule has 1 rings (SSSR count). The third kappa shape index (κ3) is 2.55. The van der Waals surface area contributed by atoms with Gasteiger partial charge in [-0.05, 0) is 19.8 Å². The summed E-state index contributed by atoms with van der Waals surface area (Å²) in [6.07, 6.45) is 15.0. The minimum Gasteiger partial charge on any atom is -0.124 e. The monoisotopic (exact) mass is 134 g/mol. The van der Waals surface area contributed by atoms with Crippen LogP contribution in [0.3, 0.4) is 0 Å². The van der Waals surface area contributed by atoms with E-state index in [0.29, 0.717) is 0 Å². The van der Waals surface area contributed by atoms with Crippen LogP contribution in [0.25, 0.3) is 0 Å². The third-order valence-electron chi connectivity index (χ3n) is 1.57. The van der Waals surface area contributed by atoms with Crippen molar-refractivity contribution in [2.24, 2.45) is 0 Å². The van der Waals surface area contributed by atoms with Crippen molar-refractivity contribution in [2.45, 2.75) is 26.7 Å². The van der Waals surface area contributed by atoms with Crippen molar-refractivity contribution in [1.82, 2.24) is 0 Å². The van der Waals surface area contributed by atoms with Crippen LogP contribution < -0.4 is 0 Å². The predicted octanol–water partition coefficient (Wildman–Crippen LogP) is 2.92. The summed E-state index contributed by atoms with van der Waals surface area (Å²) in [4.78, 5) is 0. The van der Waals surface area contributed by atoms with Gasteiger partial charge in [0, 0.05) is 0 Å². The SMILES string of the molecule is C#C.CCC1=CC(C)=CC1. The van der Waals surface area contributed by atoms with E-state index in [4.69, 9.17) is 0 Å². The first-order valence-corrected chi connectivity index (χ1v) is 3.52. The van der Waals surface area contributed by atoms with Crippen molar-refractivity contribution < 1.29 is 0 Å². The van der Waals surface area contributed by atoms with Gasteiger partial charge in [-0.3, -0.25) is 0 Å². The molecule has 0 atom stereocenters. The van der Waals surface area contributed by atoms with Gasteiger partial charge in [-0.1, -0.05) is 30.2 Å². The van der Waals surface area contributed by atoms with Crippen LogP contribution in [0.5, 0.6) is 0 Å². The zero-order chi connectivity index (χ0) is 7.98. The third-order valence-corrected chi connectivity index (χ3v) is 1.57. The van der Waals surface area contributed by atoms with Crippen LogP contribution in [0.15, 0.2) is 23.3 Å². The Balaban J connectivity index is 0.000000371. The van der Waals surface area contributed by atoms with Gasteiger partial charge in [-0.15, -0.1) is 12.8 Å². The molecule has 0 saturated heterocycles. The highest BCUT2D eigenvalue weighted by Gasteiger charge is 1.98. The van der Waals surface area contributed by atoms with E-state index in [-0.39, 0.29) is 0 Å². The number of hydrogen-bond donors (Lipinski definition) is 0. The molecule has 0 aromatic rings. The van der Waals surface area contributed by atoms with E-state index >= 15 is 0 Å².